The van der Waals surface area contributed by atoms with Gasteiger partial charge < -0.3 is 10.1 Å². The average Bonchev–Trinajstić information content (AvgIpc) is 3.01. The maximum Gasteiger partial charge on any atom is 0.303 e. The van der Waals surface area contributed by atoms with E-state index in [2.05, 4.69) is 5.32 Å². The van der Waals surface area contributed by atoms with E-state index in [1.54, 1.807) is 24.3 Å². The zero-order chi connectivity index (χ0) is 19.7. The van der Waals surface area contributed by atoms with Gasteiger partial charge in [-0.25, -0.2) is 0 Å². The number of carbonyl (C=O) groups is 2. The fourth-order valence-corrected chi connectivity index (χ4v) is 3.73. The maximum atomic E-state index is 13.1. The number of nitrogens with one attached hydrogen (secondary N) is 1. The fourth-order valence-electron chi connectivity index (χ4n) is 3.61. The molecule has 0 fully saturated rings. The van der Waals surface area contributed by atoms with Gasteiger partial charge in [-0.3, -0.25) is 9.59 Å². The summed E-state index contributed by atoms with van der Waals surface area (Å²) in [5.74, 6) is -0.906. The lowest BCUT2D eigenvalue weighted by atomic mass is 10.0. The van der Waals surface area contributed by atoms with Crippen molar-refractivity contribution in [3.05, 3.63) is 94.5 Å². The molecule has 1 aliphatic rings. The van der Waals surface area contributed by atoms with E-state index in [4.69, 9.17) is 16.3 Å². The Balaban J connectivity index is 1.68. The first-order valence-electron chi connectivity index (χ1n) is 8.96. The summed E-state index contributed by atoms with van der Waals surface area (Å²) in [5, 5.41) is 3.61. The van der Waals surface area contributed by atoms with Crippen LogP contribution in [0, 0.1) is 0 Å². The van der Waals surface area contributed by atoms with Gasteiger partial charge in [0.2, 0.25) is 6.10 Å². The predicted octanol–water partition coefficient (Wildman–Crippen LogP) is 4.83. The van der Waals surface area contributed by atoms with Crippen molar-refractivity contribution in [3.8, 4) is 11.1 Å². The van der Waals surface area contributed by atoms with Gasteiger partial charge in [0.05, 0.1) is 6.04 Å². The average molecular weight is 392 g/mol. The smallest absolute Gasteiger partial charge is 0.303 e. The third kappa shape index (κ3) is 3.39. The number of benzene rings is 3. The predicted molar refractivity (Wildman–Crippen MR) is 108 cm³/mol. The van der Waals surface area contributed by atoms with Crippen LogP contribution in [-0.2, 0) is 14.3 Å². The number of carbonyl (C=O) groups excluding carboxylic acids is 2. The summed E-state index contributed by atoms with van der Waals surface area (Å²) in [6.45, 7) is 1.29. The highest BCUT2D eigenvalue weighted by atomic mass is 35.5. The minimum Gasteiger partial charge on any atom is -0.447 e. The quantitative estimate of drug-likeness (QED) is 0.648. The van der Waals surface area contributed by atoms with Crippen molar-refractivity contribution in [1.82, 2.24) is 5.32 Å². The number of hydrogen-bond donors (Lipinski definition) is 1. The SMILES string of the molecule is CC(=O)OC(C(=O)NC1c2ccccc2-c2ccccc21)c1ccc(Cl)cc1. The van der Waals surface area contributed by atoms with Crippen molar-refractivity contribution in [1.29, 1.82) is 0 Å². The van der Waals surface area contributed by atoms with E-state index in [1.807, 2.05) is 48.5 Å². The van der Waals surface area contributed by atoms with Gasteiger partial charge in [0.1, 0.15) is 0 Å². The van der Waals surface area contributed by atoms with Gasteiger partial charge in [-0.1, -0.05) is 72.3 Å². The molecule has 0 bridgehead atoms. The van der Waals surface area contributed by atoms with Gasteiger partial charge in [-0.05, 0) is 34.4 Å². The normalized spacial score (nSPS) is 13.4. The van der Waals surface area contributed by atoms with Crippen LogP contribution in [0.5, 0.6) is 0 Å². The van der Waals surface area contributed by atoms with Gasteiger partial charge in [0.15, 0.2) is 0 Å². The number of hydrogen-bond acceptors (Lipinski definition) is 3. The standard InChI is InChI=1S/C23H18ClNO3/c1-14(26)28-22(15-10-12-16(24)13-11-15)23(27)25-21-19-8-4-2-6-17(19)18-7-3-5-9-20(18)21/h2-13,21-22H,1H3,(H,25,27). The summed E-state index contributed by atoms with van der Waals surface area (Å²) in [7, 11) is 0. The van der Waals surface area contributed by atoms with Crippen LogP contribution in [0.15, 0.2) is 72.8 Å². The number of amides is 1. The molecule has 28 heavy (non-hydrogen) atoms. The molecule has 3 aromatic carbocycles. The molecule has 4 rings (SSSR count). The highest BCUT2D eigenvalue weighted by Gasteiger charge is 2.32. The Morgan fingerprint density at radius 1 is 0.893 bits per heavy atom. The summed E-state index contributed by atoms with van der Waals surface area (Å²) >= 11 is 5.94. The third-order valence-corrected chi connectivity index (χ3v) is 5.07. The van der Waals surface area contributed by atoms with Crippen molar-refractivity contribution in [2.45, 2.75) is 19.1 Å². The van der Waals surface area contributed by atoms with Crippen LogP contribution in [0.3, 0.4) is 0 Å². The Hall–Kier alpha value is -3.11. The molecule has 1 atom stereocenters. The molecule has 0 radical (unpaired) electrons. The van der Waals surface area contributed by atoms with Crippen molar-refractivity contribution in [2.24, 2.45) is 0 Å². The second kappa shape index (κ2) is 7.49. The minimum atomic E-state index is -1.05. The molecule has 1 aliphatic carbocycles. The topological polar surface area (TPSA) is 55.4 Å². The lowest BCUT2D eigenvalue weighted by Crippen LogP contribution is -2.34. The Morgan fingerprint density at radius 2 is 1.43 bits per heavy atom. The van der Waals surface area contributed by atoms with Gasteiger partial charge in [0.25, 0.3) is 5.91 Å². The molecular weight excluding hydrogens is 374 g/mol. The van der Waals surface area contributed by atoms with Gasteiger partial charge in [0, 0.05) is 17.5 Å². The lowest BCUT2D eigenvalue weighted by Gasteiger charge is -2.21. The Morgan fingerprint density at radius 3 is 1.96 bits per heavy atom. The molecule has 3 aromatic rings. The number of halogens is 1. The summed E-state index contributed by atoms with van der Waals surface area (Å²) in [4.78, 5) is 24.7. The van der Waals surface area contributed by atoms with Crippen molar-refractivity contribution in [3.63, 3.8) is 0 Å². The zero-order valence-corrected chi connectivity index (χ0v) is 15.9. The van der Waals surface area contributed by atoms with Crippen LogP contribution in [0.4, 0.5) is 0 Å². The van der Waals surface area contributed by atoms with Crippen LogP contribution in [0.2, 0.25) is 5.02 Å². The first kappa shape index (κ1) is 18.3. The summed E-state index contributed by atoms with van der Waals surface area (Å²) in [6.07, 6.45) is -1.05. The largest absolute Gasteiger partial charge is 0.447 e. The number of esters is 1. The Labute approximate surface area is 168 Å². The first-order valence-corrected chi connectivity index (χ1v) is 9.33. The highest BCUT2D eigenvalue weighted by Crippen LogP contribution is 2.43. The van der Waals surface area contributed by atoms with Gasteiger partial charge >= 0.3 is 5.97 Å². The molecule has 0 saturated carbocycles. The molecule has 1 N–H and O–H groups in total. The molecule has 4 nitrogen and oxygen atoms in total. The Bertz CT molecular complexity index is 1000. The summed E-state index contributed by atoms with van der Waals surface area (Å²) in [6, 6.07) is 22.4. The molecule has 5 heteroatoms. The molecule has 0 saturated heterocycles. The van der Waals surface area contributed by atoms with Crippen LogP contribution in [-0.4, -0.2) is 11.9 Å². The monoisotopic (exact) mass is 391 g/mol. The van der Waals surface area contributed by atoms with E-state index in [0.717, 1.165) is 22.3 Å². The van der Waals surface area contributed by atoms with E-state index in [9.17, 15) is 9.59 Å². The van der Waals surface area contributed by atoms with E-state index >= 15 is 0 Å². The van der Waals surface area contributed by atoms with E-state index in [1.165, 1.54) is 6.92 Å². The molecule has 0 heterocycles. The van der Waals surface area contributed by atoms with Crippen molar-refractivity contribution < 1.29 is 14.3 Å². The minimum absolute atomic E-state index is 0.301. The second-order valence-corrected chi connectivity index (χ2v) is 7.09. The third-order valence-electron chi connectivity index (χ3n) is 4.82. The molecular formula is C23H18ClNO3. The van der Waals surface area contributed by atoms with E-state index in [-0.39, 0.29) is 11.9 Å². The summed E-state index contributed by atoms with van der Waals surface area (Å²) < 4.78 is 5.33. The van der Waals surface area contributed by atoms with E-state index < -0.39 is 12.1 Å². The van der Waals surface area contributed by atoms with Crippen LogP contribution in [0.1, 0.15) is 35.8 Å². The van der Waals surface area contributed by atoms with Crippen LogP contribution >= 0.6 is 11.6 Å². The summed E-state index contributed by atoms with van der Waals surface area (Å²) in [5.41, 5.74) is 4.80. The lowest BCUT2D eigenvalue weighted by molar-refractivity contribution is -0.154. The molecule has 0 aromatic heterocycles. The highest BCUT2D eigenvalue weighted by molar-refractivity contribution is 6.30. The zero-order valence-electron chi connectivity index (χ0n) is 15.2. The number of fused-ring (bicyclic) bond motifs is 3. The number of ether oxygens (including phenoxy) is 1. The molecule has 0 aliphatic heterocycles. The number of rotatable bonds is 4. The molecule has 1 unspecified atom stereocenters. The van der Waals surface area contributed by atoms with Crippen molar-refractivity contribution in [2.75, 3.05) is 0 Å². The molecule has 140 valence electrons. The van der Waals surface area contributed by atoms with Gasteiger partial charge in [-0.2, -0.15) is 0 Å². The van der Waals surface area contributed by atoms with E-state index in [0.29, 0.717) is 10.6 Å². The maximum absolute atomic E-state index is 13.1. The van der Waals surface area contributed by atoms with Crippen molar-refractivity contribution >= 4 is 23.5 Å². The second-order valence-electron chi connectivity index (χ2n) is 6.66. The fraction of sp³-hybridized carbons (Fsp3) is 0.130. The van der Waals surface area contributed by atoms with Gasteiger partial charge in [-0.15, -0.1) is 0 Å². The first-order chi connectivity index (χ1) is 13.5. The van der Waals surface area contributed by atoms with Crippen LogP contribution < -0.4 is 5.32 Å². The molecule has 0 spiro atoms. The molecule has 1 amide bonds. The Kier molecular flexibility index (Phi) is 4.88. The van der Waals surface area contributed by atoms with Crippen LogP contribution in [0.25, 0.3) is 11.1 Å².